The van der Waals surface area contributed by atoms with Gasteiger partial charge in [0.25, 0.3) is 5.56 Å². The number of benzene rings is 1. The van der Waals surface area contributed by atoms with E-state index in [0.717, 1.165) is 12.8 Å². The number of carbonyl (C=O) groups is 2. The molecular weight excluding hydrogens is 467 g/mol. The Morgan fingerprint density at radius 2 is 1.97 bits per heavy atom. The monoisotopic (exact) mass is 490 g/mol. The number of rotatable bonds is 4. The molecule has 3 fully saturated rings. The number of nitrogens with zero attached hydrogens (tertiary/aromatic N) is 3. The van der Waals surface area contributed by atoms with Crippen molar-refractivity contribution in [2.24, 2.45) is 5.41 Å². The Morgan fingerprint density at radius 1 is 1.24 bits per heavy atom. The molecule has 5 rings (SSSR count). The minimum absolute atomic E-state index is 0.0126. The van der Waals surface area contributed by atoms with Crippen LogP contribution in [0.15, 0.2) is 35.3 Å². The molecule has 12 heteroatoms. The summed E-state index contributed by atoms with van der Waals surface area (Å²) in [6.45, 7) is 2.28. The Labute approximate surface area is 199 Å². The number of nitrogens with one attached hydrogen (secondary N) is 3. The Hall–Kier alpha value is -3.34. The van der Waals surface area contributed by atoms with Crippen LogP contribution < -0.4 is 21.1 Å². The number of aromatic amines is 1. The molecule has 1 aromatic carbocycles. The predicted molar refractivity (Wildman–Crippen MR) is 123 cm³/mol. The molecule has 0 unspecified atom stereocenters. The first kappa shape index (κ1) is 22.5. The Bertz CT molecular complexity index is 1140. The molecule has 1 aliphatic carbocycles. The molecule has 2 saturated heterocycles. The SMILES string of the molecule is O=C(NC1CC2(C1)CN(C(=O)Nc1ccc(F)cc1)C2)O[C@@H]1CCN(c2cn[nH]c(=O)c2Cl)C1. The van der Waals surface area contributed by atoms with E-state index >= 15 is 0 Å². The summed E-state index contributed by atoms with van der Waals surface area (Å²) in [7, 11) is 0. The van der Waals surface area contributed by atoms with Crippen molar-refractivity contribution in [2.45, 2.75) is 31.4 Å². The van der Waals surface area contributed by atoms with Gasteiger partial charge in [0.05, 0.1) is 18.4 Å². The van der Waals surface area contributed by atoms with Gasteiger partial charge in [-0.05, 0) is 37.1 Å². The molecule has 2 aliphatic heterocycles. The molecule has 3 N–H and O–H groups in total. The van der Waals surface area contributed by atoms with E-state index in [1.807, 2.05) is 4.90 Å². The summed E-state index contributed by atoms with van der Waals surface area (Å²) in [6.07, 6.45) is 2.91. The van der Waals surface area contributed by atoms with Crippen LogP contribution in [0, 0.1) is 11.2 Å². The number of hydrogen-bond acceptors (Lipinski definition) is 6. The third-order valence-corrected chi connectivity index (χ3v) is 7.02. The molecule has 1 atom stereocenters. The van der Waals surface area contributed by atoms with Crippen molar-refractivity contribution in [1.82, 2.24) is 20.4 Å². The van der Waals surface area contributed by atoms with E-state index in [1.54, 1.807) is 4.90 Å². The van der Waals surface area contributed by atoms with Crippen LogP contribution in [0.3, 0.4) is 0 Å². The molecule has 2 aromatic rings. The lowest BCUT2D eigenvalue weighted by Crippen LogP contribution is -2.68. The lowest BCUT2D eigenvalue weighted by molar-refractivity contribution is -0.0510. The molecular formula is C22H24ClFN6O4. The van der Waals surface area contributed by atoms with Gasteiger partial charge < -0.3 is 25.2 Å². The molecule has 3 amide bonds. The zero-order valence-corrected chi connectivity index (χ0v) is 19.0. The van der Waals surface area contributed by atoms with E-state index in [2.05, 4.69) is 20.8 Å². The lowest BCUT2D eigenvalue weighted by Gasteiger charge is -2.58. The molecule has 3 aliphatic rings. The first-order chi connectivity index (χ1) is 16.3. The van der Waals surface area contributed by atoms with E-state index in [0.29, 0.717) is 44.0 Å². The van der Waals surface area contributed by atoms with Crippen molar-refractivity contribution in [3.63, 3.8) is 0 Å². The van der Waals surface area contributed by atoms with Crippen molar-refractivity contribution in [3.8, 4) is 0 Å². The summed E-state index contributed by atoms with van der Waals surface area (Å²) in [5, 5.41) is 11.8. The second-order valence-corrected chi connectivity index (χ2v) is 9.58. The second kappa shape index (κ2) is 8.79. The van der Waals surface area contributed by atoms with Gasteiger partial charge in [0.2, 0.25) is 0 Å². The lowest BCUT2D eigenvalue weighted by atomic mass is 9.61. The number of alkyl carbamates (subject to hydrolysis) is 1. The quantitative estimate of drug-likeness (QED) is 0.606. The molecule has 0 bridgehead atoms. The van der Waals surface area contributed by atoms with Crippen molar-refractivity contribution >= 4 is 35.1 Å². The smallest absolute Gasteiger partial charge is 0.407 e. The number of amides is 3. The van der Waals surface area contributed by atoms with E-state index in [9.17, 15) is 18.8 Å². The first-order valence-corrected chi connectivity index (χ1v) is 11.4. The van der Waals surface area contributed by atoms with Crippen LogP contribution in [-0.4, -0.2) is 65.5 Å². The number of ether oxygens (including phenoxy) is 1. The van der Waals surface area contributed by atoms with Crippen molar-refractivity contribution in [3.05, 3.63) is 51.7 Å². The highest BCUT2D eigenvalue weighted by molar-refractivity contribution is 6.33. The standard InChI is InChI=1S/C22H24ClFN6O4/c23-18-17(9-25-28-19(18)31)29-6-5-16(10-29)34-21(33)27-15-7-22(8-15)11-30(12-22)20(32)26-14-3-1-13(24)2-4-14/h1-4,9,15-16H,5-8,10-12H2,(H,26,32)(H,27,33)(H,28,31)/t16-/m1/s1. The van der Waals surface area contributed by atoms with Crippen LogP contribution in [0.25, 0.3) is 0 Å². The maximum Gasteiger partial charge on any atom is 0.407 e. The normalized spacial score (nSPS) is 21.1. The van der Waals surface area contributed by atoms with Gasteiger partial charge in [0.1, 0.15) is 16.9 Å². The van der Waals surface area contributed by atoms with Crippen molar-refractivity contribution in [1.29, 1.82) is 0 Å². The average Bonchev–Trinajstić information content (AvgIpc) is 3.20. The summed E-state index contributed by atoms with van der Waals surface area (Å²) in [5.74, 6) is -0.354. The van der Waals surface area contributed by atoms with Gasteiger partial charge in [-0.25, -0.2) is 19.1 Å². The van der Waals surface area contributed by atoms with E-state index < -0.39 is 11.7 Å². The van der Waals surface area contributed by atoms with E-state index in [1.165, 1.54) is 30.5 Å². The Balaban J connectivity index is 1.02. The maximum absolute atomic E-state index is 13.0. The highest BCUT2D eigenvalue weighted by atomic mass is 35.5. The molecule has 1 saturated carbocycles. The number of likely N-dealkylation sites (tertiary alicyclic amines) is 1. The Kier molecular flexibility index (Phi) is 5.80. The summed E-state index contributed by atoms with van der Waals surface area (Å²) >= 11 is 6.06. The molecule has 10 nitrogen and oxygen atoms in total. The molecule has 3 heterocycles. The van der Waals surface area contributed by atoms with Gasteiger partial charge in [0, 0.05) is 43.2 Å². The minimum Gasteiger partial charge on any atom is -0.444 e. The highest BCUT2D eigenvalue weighted by Crippen LogP contribution is 2.48. The molecule has 34 heavy (non-hydrogen) atoms. The number of H-pyrrole nitrogens is 1. The number of anilines is 2. The summed E-state index contributed by atoms with van der Waals surface area (Å²) < 4.78 is 18.5. The fourth-order valence-corrected chi connectivity index (χ4v) is 5.19. The van der Waals surface area contributed by atoms with Gasteiger partial charge >= 0.3 is 12.1 Å². The zero-order chi connectivity index (χ0) is 23.9. The van der Waals surface area contributed by atoms with Crippen molar-refractivity contribution in [2.75, 3.05) is 36.4 Å². The number of aromatic nitrogens is 2. The molecule has 180 valence electrons. The van der Waals surface area contributed by atoms with Gasteiger partial charge in [0.15, 0.2) is 0 Å². The van der Waals surface area contributed by atoms with Crippen LogP contribution in [0.5, 0.6) is 0 Å². The summed E-state index contributed by atoms with van der Waals surface area (Å²) in [5.41, 5.74) is 0.650. The van der Waals surface area contributed by atoms with Crippen LogP contribution in [0.1, 0.15) is 19.3 Å². The maximum atomic E-state index is 13.0. The van der Waals surface area contributed by atoms with Crippen LogP contribution >= 0.6 is 11.6 Å². The van der Waals surface area contributed by atoms with Gasteiger partial charge in [-0.1, -0.05) is 11.6 Å². The summed E-state index contributed by atoms with van der Waals surface area (Å²) in [6, 6.07) is 5.44. The number of carbonyl (C=O) groups excluding carboxylic acids is 2. The zero-order valence-electron chi connectivity index (χ0n) is 18.2. The number of halogens is 2. The second-order valence-electron chi connectivity index (χ2n) is 9.20. The Morgan fingerprint density at radius 3 is 2.71 bits per heavy atom. The number of urea groups is 1. The molecule has 1 aromatic heterocycles. The predicted octanol–water partition coefficient (Wildman–Crippen LogP) is 2.56. The summed E-state index contributed by atoms with van der Waals surface area (Å²) in [4.78, 5) is 39.9. The fraction of sp³-hybridized carbons (Fsp3) is 0.455. The number of hydrogen-bond donors (Lipinski definition) is 3. The van der Waals surface area contributed by atoms with Crippen LogP contribution in [0.2, 0.25) is 5.02 Å². The van der Waals surface area contributed by atoms with E-state index in [4.69, 9.17) is 16.3 Å². The topological polar surface area (TPSA) is 120 Å². The van der Waals surface area contributed by atoms with E-state index in [-0.39, 0.29) is 34.4 Å². The largest absolute Gasteiger partial charge is 0.444 e. The van der Waals surface area contributed by atoms with Crippen LogP contribution in [-0.2, 0) is 4.74 Å². The third kappa shape index (κ3) is 4.52. The fourth-order valence-electron chi connectivity index (χ4n) is 4.98. The third-order valence-electron chi connectivity index (χ3n) is 6.65. The van der Waals surface area contributed by atoms with Crippen LogP contribution in [0.4, 0.5) is 25.4 Å². The van der Waals surface area contributed by atoms with Gasteiger partial charge in [-0.2, -0.15) is 5.10 Å². The molecule has 0 radical (unpaired) electrons. The van der Waals surface area contributed by atoms with Gasteiger partial charge in [-0.3, -0.25) is 4.79 Å². The molecule has 1 spiro atoms. The average molecular weight is 491 g/mol. The minimum atomic E-state index is -0.466. The first-order valence-electron chi connectivity index (χ1n) is 11.1. The highest BCUT2D eigenvalue weighted by Gasteiger charge is 2.54. The van der Waals surface area contributed by atoms with Gasteiger partial charge in [-0.15, -0.1) is 0 Å². The van der Waals surface area contributed by atoms with Crippen molar-refractivity contribution < 1.29 is 18.7 Å².